The van der Waals surface area contributed by atoms with Crippen molar-refractivity contribution >= 4 is 17.3 Å². The predicted octanol–water partition coefficient (Wildman–Crippen LogP) is 6.91. The number of nitrogens with one attached hydrogen (secondary N) is 2. The molecule has 4 atom stereocenters. The lowest BCUT2D eigenvalue weighted by atomic mass is 9.79. The Kier molecular flexibility index (Phi) is 9.10. The van der Waals surface area contributed by atoms with Gasteiger partial charge in [0.15, 0.2) is 0 Å². The van der Waals surface area contributed by atoms with E-state index in [-0.39, 0.29) is 22.9 Å². The van der Waals surface area contributed by atoms with Crippen LogP contribution in [-0.2, 0) is 0 Å². The first-order valence-electron chi connectivity index (χ1n) is 13.4. The van der Waals surface area contributed by atoms with Gasteiger partial charge in [-0.25, -0.2) is 0 Å². The van der Waals surface area contributed by atoms with E-state index in [1.54, 1.807) is 0 Å². The van der Waals surface area contributed by atoms with Gasteiger partial charge in [-0.1, -0.05) is 74.5 Å². The van der Waals surface area contributed by atoms with Crippen LogP contribution in [0.3, 0.4) is 0 Å². The third-order valence-corrected chi connectivity index (χ3v) is 8.67. The van der Waals surface area contributed by atoms with Crippen molar-refractivity contribution < 1.29 is 0 Å². The molecule has 0 spiro atoms. The fourth-order valence-corrected chi connectivity index (χ4v) is 6.03. The van der Waals surface area contributed by atoms with Crippen molar-refractivity contribution in [2.24, 2.45) is 0 Å². The van der Waals surface area contributed by atoms with Gasteiger partial charge in [0.25, 0.3) is 0 Å². The molecule has 1 aliphatic carbocycles. The number of hydrogen-bond donors (Lipinski definition) is 2. The second kappa shape index (κ2) is 12.3. The van der Waals surface area contributed by atoms with E-state index in [1.165, 1.54) is 16.7 Å². The number of hydrogen-bond acceptors (Lipinski definition) is 3. The minimum atomic E-state index is 0.0972. The van der Waals surface area contributed by atoms with Crippen LogP contribution in [0.5, 0.6) is 0 Å². The molecule has 2 aromatic carbocycles. The number of piperazine rings is 1. The first kappa shape index (κ1) is 26.0. The van der Waals surface area contributed by atoms with E-state index >= 15 is 0 Å². The van der Waals surface area contributed by atoms with E-state index in [0.717, 1.165) is 57.5 Å². The van der Waals surface area contributed by atoms with Gasteiger partial charge in [0.05, 0.1) is 6.04 Å². The van der Waals surface area contributed by atoms with Gasteiger partial charge < -0.3 is 10.6 Å². The molecule has 2 aromatic rings. The molecule has 0 saturated carbocycles. The highest BCUT2D eigenvalue weighted by Gasteiger charge is 2.35. The zero-order valence-electron chi connectivity index (χ0n) is 21.6. The van der Waals surface area contributed by atoms with Gasteiger partial charge in [0, 0.05) is 48.7 Å². The number of para-hydroxylation sites is 1. The molecule has 2 N–H and O–H groups in total. The first-order chi connectivity index (χ1) is 17.1. The molecule has 3 nitrogen and oxygen atoms in total. The summed E-state index contributed by atoms with van der Waals surface area (Å²) in [6, 6.07) is 19.6. The molecule has 0 radical (unpaired) electrons. The summed E-state index contributed by atoms with van der Waals surface area (Å²) in [5.74, 6) is 0.282. The van der Waals surface area contributed by atoms with E-state index in [2.05, 4.69) is 109 Å². The molecule has 0 aromatic heterocycles. The van der Waals surface area contributed by atoms with Crippen molar-refractivity contribution in [3.05, 3.63) is 89.5 Å². The zero-order valence-corrected chi connectivity index (χ0v) is 22.4. The molecule has 4 rings (SSSR count). The highest BCUT2D eigenvalue weighted by Crippen LogP contribution is 2.38. The molecule has 1 fully saturated rings. The van der Waals surface area contributed by atoms with Crippen LogP contribution in [0, 0.1) is 6.92 Å². The summed E-state index contributed by atoms with van der Waals surface area (Å²) in [6.45, 7) is 11.1. The molecule has 4 heteroatoms. The topological polar surface area (TPSA) is 27.3 Å². The summed E-state index contributed by atoms with van der Waals surface area (Å²) in [5.41, 5.74) is 5.38. The van der Waals surface area contributed by atoms with Gasteiger partial charge in [-0.05, 0) is 61.4 Å². The van der Waals surface area contributed by atoms with E-state index in [1.807, 2.05) is 0 Å². The van der Waals surface area contributed by atoms with Crippen molar-refractivity contribution in [2.75, 3.05) is 31.5 Å². The Morgan fingerprint density at radius 1 is 1.03 bits per heavy atom. The van der Waals surface area contributed by atoms with Crippen LogP contribution in [-0.4, -0.2) is 48.0 Å². The number of nitrogens with zero attached hydrogens (tertiary/aromatic N) is 1. The summed E-state index contributed by atoms with van der Waals surface area (Å²) in [4.78, 5) is 2.68. The summed E-state index contributed by atoms with van der Waals surface area (Å²) in [6.07, 6.45) is 11.5. The maximum atomic E-state index is 7.02. The fraction of sp³-hybridized carbons (Fsp3) is 0.484. The molecule has 2 aliphatic rings. The minimum absolute atomic E-state index is 0.0972. The molecule has 35 heavy (non-hydrogen) atoms. The Morgan fingerprint density at radius 3 is 2.37 bits per heavy atom. The highest BCUT2D eigenvalue weighted by atomic mass is 35.5. The lowest BCUT2D eigenvalue weighted by Crippen LogP contribution is -2.55. The molecule has 1 saturated heterocycles. The average molecular weight is 492 g/mol. The Hall–Kier alpha value is -2.07. The molecule has 0 bridgehead atoms. The van der Waals surface area contributed by atoms with Gasteiger partial charge in [-0.2, -0.15) is 0 Å². The van der Waals surface area contributed by atoms with Gasteiger partial charge in [-0.15, -0.1) is 11.6 Å². The van der Waals surface area contributed by atoms with E-state index in [4.69, 9.17) is 11.6 Å². The fourth-order valence-electron chi connectivity index (χ4n) is 5.80. The summed E-state index contributed by atoms with van der Waals surface area (Å²) in [7, 11) is 0. The van der Waals surface area contributed by atoms with Crippen LogP contribution in [0.15, 0.2) is 78.4 Å². The second-order valence-electron chi connectivity index (χ2n) is 10.1. The molecule has 188 valence electrons. The first-order valence-corrected chi connectivity index (χ1v) is 13.9. The maximum Gasteiger partial charge on any atom is 0.0517 e. The Balaban J connectivity index is 1.62. The van der Waals surface area contributed by atoms with Gasteiger partial charge in [0.1, 0.15) is 0 Å². The van der Waals surface area contributed by atoms with Gasteiger partial charge in [-0.3, -0.25) is 4.90 Å². The third-order valence-electron chi connectivity index (χ3n) is 8.06. The quantitative estimate of drug-likeness (QED) is 0.353. The van der Waals surface area contributed by atoms with Gasteiger partial charge >= 0.3 is 0 Å². The molecule has 1 heterocycles. The normalized spacial score (nSPS) is 23.4. The number of benzene rings is 2. The van der Waals surface area contributed by atoms with E-state index in [0.29, 0.717) is 0 Å². The van der Waals surface area contributed by atoms with E-state index < -0.39 is 0 Å². The van der Waals surface area contributed by atoms with Crippen LogP contribution >= 0.6 is 11.6 Å². The number of halogens is 1. The predicted molar refractivity (Wildman–Crippen MR) is 152 cm³/mol. The van der Waals surface area contributed by atoms with Crippen molar-refractivity contribution in [1.82, 2.24) is 10.2 Å². The number of rotatable bonds is 10. The largest absolute Gasteiger partial charge is 0.378 e. The zero-order chi connectivity index (χ0) is 24.7. The maximum absolute atomic E-state index is 7.02. The van der Waals surface area contributed by atoms with Gasteiger partial charge in [0.2, 0.25) is 0 Å². The highest BCUT2D eigenvalue weighted by molar-refractivity contribution is 6.21. The van der Waals surface area contributed by atoms with Crippen molar-refractivity contribution in [3.8, 4) is 0 Å². The summed E-state index contributed by atoms with van der Waals surface area (Å²) >= 11 is 7.02. The smallest absolute Gasteiger partial charge is 0.0517 e. The van der Waals surface area contributed by atoms with Crippen molar-refractivity contribution in [1.29, 1.82) is 0 Å². The monoisotopic (exact) mass is 491 g/mol. The summed E-state index contributed by atoms with van der Waals surface area (Å²) < 4.78 is 0. The third kappa shape index (κ3) is 6.20. The Labute approximate surface area is 217 Å². The molecular weight excluding hydrogens is 450 g/mol. The minimum Gasteiger partial charge on any atom is -0.378 e. The standard InChI is InChI=1S/C31H42ClN3/c1-4-29(32)28(27-14-10-9-11-24(27)3)23-30(34-26-12-7-6-8-13-26)25-15-17-31(5-2,18-16-25)35-21-19-33-20-22-35/h6-17,28-30,33-34H,4-5,18-23H2,1-3H3. The lowest BCUT2D eigenvalue weighted by Gasteiger charge is -2.45. The molecule has 0 amide bonds. The summed E-state index contributed by atoms with van der Waals surface area (Å²) in [5, 5.41) is 7.47. The molecule has 4 unspecified atom stereocenters. The van der Waals surface area contributed by atoms with Crippen LogP contribution in [0.1, 0.15) is 56.6 Å². The van der Waals surface area contributed by atoms with Crippen molar-refractivity contribution in [2.45, 2.75) is 69.3 Å². The molecule has 1 aliphatic heterocycles. The van der Waals surface area contributed by atoms with Crippen LogP contribution in [0.2, 0.25) is 0 Å². The Morgan fingerprint density at radius 2 is 1.74 bits per heavy atom. The average Bonchev–Trinajstić information content (AvgIpc) is 2.92. The van der Waals surface area contributed by atoms with E-state index in [9.17, 15) is 0 Å². The number of alkyl halides is 1. The van der Waals surface area contributed by atoms with Crippen molar-refractivity contribution in [3.63, 3.8) is 0 Å². The van der Waals surface area contributed by atoms with Crippen LogP contribution < -0.4 is 10.6 Å². The molecular formula is C31H42ClN3. The lowest BCUT2D eigenvalue weighted by molar-refractivity contribution is 0.109. The van der Waals surface area contributed by atoms with Crippen LogP contribution in [0.4, 0.5) is 5.69 Å². The Bertz CT molecular complexity index is 995. The number of anilines is 1. The second-order valence-corrected chi connectivity index (χ2v) is 10.7. The van der Waals surface area contributed by atoms with Crippen LogP contribution in [0.25, 0.3) is 0 Å². The SMILES string of the molecule is CCC(Cl)C(CC(Nc1ccccc1)C1=CCC(CC)(N2CCNCC2)C=C1)c1ccccc1C. The number of aryl methyl sites for hydroxylation is 1.